The van der Waals surface area contributed by atoms with Crippen molar-refractivity contribution < 1.29 is 27.8 Å². The molecule has 1 aromatic carbocycles. The molecule has 0 aliphatic carbocycles. The SMILES string of the molecule is CC1(O)CCN(C(=O)c2ccc(OC(F)(F)F)cc2)C1. The lowest BCUT2D eigenvalue weighted by atomic mass is 10.1. The number of aliphatic hydroxyl groups is 1. The van der Waals surface area contributed by atoms with Crippen molar-refractivity contribution in [2.24, 2.45) is 0 Å². The second kappa shape index (κ2) is 4.97. The van der Waals surface area contributed by atoms with Crippen molar-refractivity contribution in [1.29, 1.82) is 0 Å². The predicted molar refractivity (Wildman–Crippen MR) is 64.3 cm³/mol. The molecule has 1 amide bonds. The van der Waals surface area contributed by atoms with Gasteiger partial charge in [0.15, 0.2) is 0 Å². The van der Waals surface area contributed by atoms with E-state index in [1.807, 2.05) is 0 Å². The molecule has 1 atom stereocenters. The predicted octanol–water partition coefficient (Wildman–Crippen LogP) is 2.18. The molecule has 1 aliphatic rings. The number of amides is 1. The fourth-order valence-corrected chi connectivity index (χ4v) is 2.10. The van der Waals surface area contributed by atoms with Crippen LogP contribution in [0.3, 0.4) is 0 Å². The maximum atomic E-state index is 12.1. The highest BCUT2D eigenvalue weighted by molar-refractivity contribution is 5.94. The lowest BCUT2D eigenvalue weighted by molar-refractivity contribution is -0.274. The monoisotopic (exact) mass is 289 g/mol. The first kappa shape index (κ1) is 14.6. The van der Waals surface area contributed by atoms with Gasteiger partial charge in [0, 0.05) is 18.7 Å². The molecule has 0 aromatic heterocycles. The van der Waals surface area contributed by atoms with E-state index in [1.165, 1.54) is 17.0 Å². The lowest BCUT2D eigenvalue weighted by Crippen LogP contribution is -2.33. The number of β-amino-alcohol motifs (C(OH)–C–C–N with tert-alkyl or cyclic N) is 1. The third-order valence-electron chi connectivity index (χ3n) is 3.07. The molecule has 1 aliphatic heterocycles. The summed E-state index contributed by atoms with van der Waals surface area (Å²) >= 11 is 0. The number of ether oxygens (including phenoxy) is 1. The van der Waals surface area contributed by atoms with Crippen LogP contribution in [0, 0.1) is 0 Å². The molecular weight excluding hydrogens is 275 g/mol. The van der Waals surface area contributed by atoms with Crippen molar-refractivity contribution in [3.63, 3.8) is 0 Å². The summed E-state index contributed by atoms with van der Waals surface area (Å²) in [6.07, 6.45) is -4.27. The number of benzene rings is 1. The normalized spacial score (nSPS) is 22.9. The van der Waals surface area contributed by atoms with E-state index in [4.69, 9.17) is 0 Å². The molecule has 20 heavy (non-hydrogen) atoms. The Hall–Kier alpha value is -1.76. The van der Waals surface area contributed by atoms with E-state index in [-0.39, 0.29) is 23.8 Å². The van der Waals surface area contributed by atoms with Crippen LogP contribution < -0.4 is 4.74 Å². The third-order valence-corrected chi connectivity index (χ3v) is 3.07. The largest absolute Gasteiger partial charge is 0.573 e. The van der Waals surface area contributed by atoms with E-state index in [0.717, 1.165) is 12.1 Å². The summed E-state index contributed by atoms with van der Waals surface area (Å²) in [6, 6.07) is 4.73. The molecule has 4 nitrogen and oxygen atoms in total. The third kappa shape index (κ3) is 3.63. The van der Waals surface area contributed by atoms with Gasteiger partial charge in [-0.25, -0.2) is 0 Å². The van der Waals surface area contributed by atoms with Crippen LogP contribution in [0.4, 0.5) is 13.2 Å². The Balaban J connectivity index is 2.05. The van der Waals surface area contributed by atoms with Crippen molar-refractivity contribution in [1.82, 2.24) is 4.90 Å². The second-order valence-corrected chi connectivity index (χ2v) is 5.05. The minimum absolute atomic E-state index is 0.215. The Morgan fingerprint density at radius 1 is 1.35 bits per heavy atom. The zero-order chi connectivity index (χ0) is 15.0. The number of alkyl halides is 3. The highest BCUT2D eigenvalue weighted by Crippen LogP contribution is 2.25. The molecule has 1 saturated heterocycles. The molecule has 1 aromatic rings. The zero-order valence-electron chi connectivity index (χ0n) is 10.8. The Labute approximate surface area is 113 Å². The van der Waals surface area contributed by atoms with E-state index in [2.05, 4.69) is 4.74 Å². The first-order valence-corrected chi connectivity index (χ1v) is 6.04. The minimum atomic E-state index is -4.75. The average molecular weight is 289 g/mol. The van der Waals surface area contributed by atoms with E-state index < -0.39 is 12.0 Å². The Kier molecular flexibility index (Phi) is 3.64. The van der Waals surface area contributed by atoms with E-state index in [9.17, 15) is 23.1 Å². The van der Waals surface area contributed by atoms with Gasteiger partial charge < -0.3 is 14.7 Å². The molecule has 0 bridgehead atoms. The highest BCUT2D eigenvalue weighted by atomic mass is 19.4. The van der Waals surface area contributed by atoms with E-state index >= 15 is 0 Å². The van der Waals surface area contributed by atoms with Crippen LogP contribution in [0.2, 0.25) is 0 Å². The molecule has 7 heteroatoms. The molecule has 0 radical (unpaired) electrons. The number of hydrogen-bond donors (Lipinski definition) is 1. The summed E-state index contributed by atoms with van der Waals surface area (Å²) in [5.41, 5.74) is -0.646. The summed E-state index contributed by atoms with van der Waals surface area (Å²) in [6.45, 7) is 2.28. The number of hydrogen-bond acceptors (Lipinski definition) is 3. The van der Waals surface area contributed by atoms with Crippen LogP contribution in [-0.4, -0.2) is 41.0 Å². The van der Waals surface area contributed by atoms with Crippen LogP contribution >= 0.6 is 0 Å². The smallest absolute Gasteiger partial charge is 0.406 e. The molecule has 110 valence electrons. The van der Waals surface area contributed by atoms with Crippen LogP contribution in [-0.2, 0) is 0 Å². The van der Waals surface area contributed by atoms with E-state index in [0.29, 0.717) is 13.0 Å². The van der Waals surface area contributed by atoms with Crippen molar-refractivity contribution in [2.75, 3.05) is 13.1 Å². The molecule has 0 saturated carbocycles. The summed E-state index contributed by atoms with van der Waals surface area (Å²) in [4.78, 5) is 13.6. The fourth-order valence-electron chi connectivity index (χ4n) is 2.10. The van der Waals surface area contributed by atoms with Gasteiger partial charge in [-0.3, -0.25) is 4.79 Å². The van der Waals surface area contributed by atoms with Gasteiger partial charge in [0.05, 0.1) is 5.60 Å². The first-order chi connectivity index (χ1) is 9.16. The van der Waals surface area contributed by atoms with Crippen LogP contribution in [0.25, 0.3) is 0 Å². The van der Waals surface area contributed by atoms with Gasteiger partial charge >= 0.3 is 6.36 Å². The van der Waals surface area contributed by atoms with Crippen molar-refractivity contribution in [3.8, 4) is 5.75 Å². The second-order valence-electron chi connectivity index (χ2n) is 5.05. The molecule has 1 heterocycles. The summed E-state index contributed by atoms with van der Waals surface area (Å²) in [7, 11) is 0. The summed E-state index contributed by atoms with van der Waals surface area (Å²) in [5, 5.41) is 9.79. The maximum absolute atomic E-state index is 12.1. The number of carbonyl (C=O) groups excluding carboxylic acids is 1. The molecule has 1 fully saturated rings. The van der Waals surface area contributed by atoms with Crippen LogP contribution in [0.5, 0.6) is 5.75 Å². The van der Waals surface area contributed by atoms with E-state index in [1.54, 1.807) is 6.92 Å². The number of halogens is 3. The zero-order valence-corrected chi connectivity index (χ0v) is 10.8. The summed E-state index contributed by atoms with van der Waals surface area (Å²) < 4.78 is 39.7. The van der Waals surface area contributed by atoms with Gasteiger partial charge in [-0.15, -0.1) is 13.2 Å². The highest BCUT2D eigenvalue weighted by Gasteiger charge is 2.34. The number of rotatable bonds is 2. The molecule has 2 rings (SSSR count). The van der Waals surface area contributed by atoms with Gasteiger partial charge in [0.2, 0.25) is 0 Å². The molecule has 1 unspecified atom stereocenters. The van der Waals surface area contributed by atoms with Crippen LogP contribution in [0.1, 0.15) is 23.7 Å². The molecular formula is C13H14F3NO3. The standard InChI is InChI=1S/C13H14F3NO3/c1-12(19)6-7-17(8-12)11(18)9-2-4-10(5-3-9)20-13(14,15)16/h2-5,19H,6-8H2,1H3. The quantitative estimate of drug-likeness (QED) is 0.908. The number of carbonyl (C=O) groups is 1. The van der Waals surface area contributed by atoms with Crippen molar-refractivity contribution >= 4 is 5.91 Å². The van der Waals surface area contributed by atoms with Gasteiger partial charge in [-0.05, 0) is 37.6 Å². The lowest BCUT2D eigenvalue weighted by Gasteiger charge is -2.19. The average Bonchev–Trinajstić information content (AvgIpc) is 2.68. The minimum Gasteiger partial charge on any atom is -0.406 e. The topological polar surface area (TPSA) is 49.8 Å². The first-order valence-electron chi connectivity index (χ1n) is 6.04. The molecule has 0 spiro atoms. The Morgan fingerprint density at radius 2 is 1.95 bits per heavy atom. The van der Waals surface area contributed by atoms with Crippen LogP contribution in [0.15, 0.2) is 24.3 Å². The van der Waals surface area contributed by atoms with Gasteiger partial charge in [-0.1, -0.05) is 0 Å². The molecule has 1 N–H and O–H groups in total. The maximum Gasteiger partial charge on any atom is 0.573 e. The number of nitrogens with zero attached hydrogens (tertiary/aromatic N) is 1. The van der Waals surface area contributed by atoms with Gasteiger partial charge in [0.25, 0.3) is 5.91 Å². The van der Waals surface area contributed by atoms with Crippen molar-refractivity contribution in [2.45, 2.75) is 25.3 Å². The fraction of sp³-hybridized carbons (Fsp3) is 0.462. The summed E-state index contributed by atoms with van der Waals surface area (Å²) in [5.74, 6) is -0.691. The van der Waals surface area contributed by atoms with Gasteiger partial charge in [-0.2, -0.15) is 0 Å². The van der Waals surface area contributed by atoms with Gasteiger partial charge in [0.1, 0.15) is 5.75 Å². The van der Waals surface area contributed by atoms with Crippen molar-refractivity contribution in [3.05, 3.63) is 29.8 Å². The Bertz CT molecular complexity index is 497. The Morgan fingerprint density at radius 3 is 2.40 bits per heavy atom. The number of likely N-dealkylation sites (tertiary alicyclic amines) is 1.